The van der Waals surface area contributed by atoms with Gasteiger partial charge in [-0.15, -0.1) is 11.3 Å². The Bertz CT molecular complexity index is 1550. The van der Waals surface area contributed by atoms with Gasteiger partial charge in [0.05, 0.1) is 17.0 Å². The monoisotopic (exact) mass is 588 g/mol. The van der Waals surface area contributed by atoms with E-state index in [1.54, 1.807) is 33.2 Å². The van der Waals surface area contributed by atoms with Crippen LogP contribution in [0.5, 0.6) is 5.75 Å². The van der Waals surface area contributed by atoms with Crippen molar-refractivity contribution in [1.82, 2.24) is 4.90 Å². The second kappa shape index (κ2) is 13.1. The highest BCUT2D eigenvalue weighted by Crippen LogP contribution is 2.35. The topological polar surface area (TPSA) is 98.1 Å². The fourth-order valence-corrected chi connectivity index (χ4v) is 5.62. The number of rotatable bonds is 11. The number of furan rings is 1. The van der Waals surface area contributed by atoms with Gasteiger partial charge in [0.2, 0.25) is 0 Å². The van der Waals surface area contributed by atoms with Gasteiger partial charge in [-0.1, -0.05) is 63.2 Å². The molecule has 0 saturated heterocycles. The number of amides is 2. The SMILES string of the molecule is CCCOC(=O)c1c(NC(=O)c2ccc(COc3ccc(C(C)(C)c4ccccc4)cc3)o2)sc(C(=O)N(C)C)c1C. The molecular formula is C33H36N2O6S. The number of thiophene rings is 1. The van der Waals surface area contributed by atoms with Crippen molar-refractivity contribution in [2.45, 2.75) is 46.1 Å². The summed E-state index contributed by atoms with van der Waals surface area (Å²) < 4.78 is 17.0. The first-order valence-electron chi connectivity index (χ1n) is 13.7. The van der Waals surface area contributed by atoms with E-state index in [9.17, 15) is 14.4 Å². The van der Waals surface area contributed by atoms with Gasteiger partial charge < -0.3 is 24.1 Å². The molecule has 0 aliphatic carbocycles. The Labute approximate surface area is 250 Å². The van der Waals surface area contributed by atoms with Gasteiger partial charge in [-0.25, -0.2) is 4.79 Å². The Morgan fingerprint density at radius 1 is 0.952 bits per heavy atom. The first-order chi connectivity index (χ1) is 20.0. The third-order valence-electron chi connectivity index (χ3n) is 6.95. The minimum Gasteiger partial charge on any atom is -0.486 e. The van der Waals surface area contributed by atoms with Gasteiger partial charge in [0.1, 0.15) is 23.1 Å². The largest absolute Gasteiger partial charge is 0.486 e. The fourth-order valence-electron chi connectivity index (χ4n) is 4.41. The van der Waals surface area contributed by atoms with Crippen LogP contribution in [-0.4, -0.2) is 43.4 Å². The number of esters is 1. The Kier molecular flexibility index (Phi) is 9.52. The smallest absolute Gasteiger partial charge is 0.341 e. The van der Waals surface area contributed by atoms with Crippen molar-refractivity contribution in [3.8, 4) is 5.75 Å². The van der Waals surface area contributed by atoms with Crippen LogP contribution in [0.4, 0.5) is 5.00 Å². The molecule has 8 nitrogen and oxygen atoms in total. The number of nitrogens with zero attached hydrogens (tertiary/aromatic N) is 1. The number of carbonyl (C=O) groups is 3. The van der Waals surface area contributed by atoms with E-state index in [1.165, 1.54) is 10.5 Å². The number of anilines is 1. The van der Waals surface area contributed by atoms with Crippen molar-refractivity contribution in [2.24, 2.45) is 0 Å². The molecular weight excluding hydrogens is 552 g/mol. The van der Waals surface area contributed by atoms with Crippen molar-refractivity contribution in [1.29, 1.82) is 0 Å². The van der Waals surface area contributed by atoms with Crippen molar-refractivity contribution in [2.75, 3.05) is 26.0 Å². The quantitative estimate of drug-likeness (QED) is 0.188. The minimum atomic E-state index is -0.592. The van der Waals surface area contributed by atoms with Gasteiger partial charge in [0.25, 0.3) is 11.8 Å². The number of ether oxygens (including phenoxy) is 2. The lowest BCUT2D eigenvalue weighted by Gasteiger charge is -2.26. The molecule has 42 heavy (non-hydrogen) atoms. The van der Waals surface area contributed by atoms with Crippen LogP contribution < -0.4 is 10.1 Å². The second-order valence-electron chi connectivity index (χ2n) is 10.6. The zero-order valence-electron chi connectivity index (χ0n) is 24.8. The van der Waals surface area contributed by atoms with Crippen LogP contribution >= 0.6 is 11.3 Å². The maximum Gasteiger partial charge on any atom is 0.341 e. The highest BCUT2D eigenvalue weighted by molar-refractivity contribution is 7.18. The average molecular weight is 589 g/mol. The molecule has 0 saturated carbocycles. The van der Waals surface area contributed by atoms with E-state index >= 15 is 0 Å². The summed E-state index contributed by atoms with van der Waals surface area (Å²) >= 11 is 1.03. The molecule has 9 heteroatoms. The van der Waals surface area contributed by atoms with E-state index in [-0.39, 0.29) is 40.9 Å². The van der Waals surface area contributed by atoms with Gasteiger partial charge in [-0.05, 0) is 54.3 Å². The molecule has 0 atom stereocenters. The molecule has 2 aromatic carbocycles. The summed E-state index contributed by atoms with van der Waals surface area (Å²) in [6.07, 6.45) is 0.646. The molecule has 0 spiro atoms. The van der Waals surface area contributed by atoms with E-state index in [1.807, 2.05) is 49.4 Å². The lowest BCUT2D eigenvalue weighted by atomic mass is 9.78. The van der Waals surface area contributed by atoms with Gasteiger partial charge in [0.15, 0.2) is 5.76 Å². The second-order valence-corrected chi connectivity index (χ2v) is 11.6. The molecule has 0 aliphatic rings. The predicted molar refractivity (Wildman–Crippen MR) is 164 cm³/mol. The Morgan fingerprint density at radius 3 is 2.26 bits per heavy atom. The van der Waals surface area contributed by atoms with Crippen LogP contribution in [-0.2, 0) is 16.8 Å². The number of hydrogen-bond donors (Lipinski definition) is 1. The van der Waals surface area contributed by atoms with E-state index in [2.05, 4.69) is 31.3 Å². The Balaban J connectivity index is 1.44. The molecule has 0 bridgehead atoms. The zero-order valence-corrected chi connectivity index (χ0v) is 25.6. The number of carbonyl (C=O) groups excluding carboxylic acids is 3. The molecule has 2 heterocycles. The van der Waals surface area contributed by atoms with Crippen LogP contribution in [0, 0.1) is 6.92 Å². The van der Waals surface area contributed by atoms with Crippen LogP contribution in [0.15, 0.2) is 71.1 Å². The highest BCUT2D eigenvalue weighted by atomic mass is 32.1. The Hall–Kier alpha value is -4.37. The van der Waals surface area contributed by atoms with Crippen molar-refractivity contribution in [3.63, 3.8) is 0 Å². The first kappa shape index (κ1) is 30.6. The van der Waals surface area contributed by atoms with E-state index in [0.717, 1.165) is 16.9 Å². The number of hydrogen-bond acceptors (Lipinski definition) is 7. The molecule has 1 N–H and O–H groups in total. The van der Waals surface area contributed by atoms with Gasteiger partial charge in [0, 0.05) is 19.5 Å². The maximum atomic E-state index is 13.1. The summed E-state index contributed by atoms with van der Waals surface area (Å²) in [5, 5.41) is 2.97. The maximum absolute atomic E-state index is 13.1. The van der Waals surface area contributed by atoms with Crippen molar-refractivity contribution >= 4 is 34.1 Å². The lowest BCUT2D eigenvalue weighted by molar-refractivity contribution is 0.0506. The fraction of sp³-hybridized carbons (Fsp3) is 0.303. The minimum absolute atomic E-state index is 0.0490. The highest BCUT2D eigenvalue weighted by Gasteiger charge is 2.28. The summed E-state index contributed by atoms with van der Waals surface area (Å²) in [7, 11) is 3.25. The molecule has 0 radical (unpaired) electrons. The third-order valence-corrected chi connectivity index (χ3v) is 8.15. The Morgan fingerprint density at radius 2 is 1.62 bits per heavy atom. The van der Waals surface area contributed by atoms with Crippen LogP contribution in [0.25, 0.3) is 0 Å². The summed E-state index contributed by atoms with van der Waals surface area (Å²) in [5.41, 5.74) is 2.86. The molecule has 0 fully saturated rings. The first-order valence-corrected chi connectivity index (χ1v) is 14.6. The van der Waals surface area contributed by atoms with Crippen molar-refractivity contribution < 1.29 is 28.3 Å². The predicted octanol–water partition coefficient (Wildman–Crippen LogP) is 7.08. The molecule has 2 amide bonds. The van der Waals surface area contributed by atoms with E-state index in [4.69, 9.17) is 13.9 Å². The van der Waals surface area contributed by atoms with Gasteiger partial charge in [-0.2, -0.15) is 0 Å². The van der Waals surface area contributed by atoms with E-state index in [0.29, 0.717) is 28.4 Å². The van der Waals surface area contributed by atoms with E-state index < -0.39 is 11.9 Å². The normalized spacial score (nSPS) is 11.2. The van der Waals surface area contributed by atoms with Crippen LogP contribution in [0.3, 0.4) is 0 Å². The summed E-state index contributed by atoms with van der Waals surface area (Å²) in [6, 6.07) is 21.5. The number of benzene rings is 2. The summed E-state index contributed by atoms with van der Waals surface area (Å²) in [5.74, 6) is -0.229. The standard InChI is InChI=1S/C33H36N2O6S/c1-7-19-39-32(38)27-21(2)28(31(37)35(5)6)42-30(27)34-29(36)26-18-17-25(41-26)20-40-24-15-13-23(14-16-24)33(3,4)22-11-9-8-10-12-22/h8-18H,7,19-20H2,1-6H3,(H,34,36). The van der Waals surface area contributed by atoms with Crippen LogP contribution in [0.2, 0.25) is 0 Å². The molecule has 2 aromatic heterocycles. The zero-order chi connectivity index (χ0) is 30.4. The number of nitrogens with one attached hydrogen (secondary N) is 1. The lowest BCUT2D eigenvalue weighted by Crippen LogP contribution is -2.21. The summed E-state index contributed by atoms with van der Waals surface area (Å²) in [4.78, 5) is 40.3. The molecule has 220 valence electrons. The van der Waals surface area contributed by atoms with Gasteiger partial charge >= 0.3 is 5.97 Å². The average Bonchev–Trinajstić information content (AvgIpc) is 3.59. The summed E-state index contributed by atoms with van der Waals surface area (Å²) in [6.45, 7) is 8.28. The van der Waals surface area contributed by atoms with Gasteiger partial charge in [-0.3, -0.25) is 9.59 Å². The molecule has 0 aliphatic heterocycles. The van der Waals surface area contributed by atoms with Crippen LogP contribution in [0.1, 0.15) is 80.2 Å². The molecule has 4 rings (SSSR count). The van der Waals surface area contributed by atoms with Crippen molar-refractivity contribution in [3.05, 3.63) is 105 Å². The third kappa shape index (κ3) is 6.74. The molecule has 0 unspecified atom stereocenters. The molecule has 4 aromatic rings.